The Morgan fingerprint density at radius 1 is 0.943 bits per heavy atom. The first-order valence-corrected chi connectivity index (χ1v) is 13.3. The highest BCUT2D eigenvalue weighted by Gasteiger charge is 2.56. The quantitative estimate of drug-likeness (QED) is 0.430. The molecular weight excluding hydrogens is 441 g/mol. The molecule has 1 aliphatic heterocycles. The molecule has 5 nitrogen and oxygen atoms in total. The lowest BCUT2D eigenvalue weighted by atomic mass is 9.70. The number of methoxy groups -OCH3 is 1. The molecule has 188 valence electrons. The van der Waals surface area contributed by atoms with Crippen LogP contribution in [0.3, 0.4) is 0 Å². The van der Waals surface area contributed by atoms with E-state index in [4.69, 9.17) is 4.74 Å². The molecule has 3 unspecified atom stereocenters. The van der Waals surface area contributed by atoms with Crippen molar-refractivity contribution >= 4 is 17.3 Å². The molecule has 2 aromatic rings. The number of anilines is 2. The fourth-order valence-electron chi connectivity index (χ4n) is 6.67. The molecule has 0 aromatic heterocycles. The number of carbonyl (C=O) groups is 1. The van der Waals surface area contributed by atoms with Gasteiger partial charge in [-0.1, -0.05) is 68.9 Å². The first-order valence-electron chi connectivity index (χ1n) is 13.3. The highest BCUT2D eigenvalue weighted by Crippen LogP contribution is 2.50. The summed E-state index contributed by atoms with van der Waals surface area (Å²) in [4.78, 5) is 14.3. The van der Waals surface area contributed by atoms with Crippen molar-refractivity contribution in [1.82, 2.24) is 5.32 Å². The third kappa shape index (κ3) is 4.90. The van der Waals surface area contributed by atoms with Gasteiger partial charge in [0.1, 0.15) is 11.9 Å². The van der Waals surface area contributed by atoms with E-state index in [-0.39, 0.29) is 29.6 Å². The van der Waals surface area contributed by atoms with Gasteiger partial charge in [-0.15, -0.1) is 0 Å². The van der Waals surface area contributed by atoms with E-state index in [1.165, 1.54) is 25.0 Å². The molecule has 1 heterocycles. The maximum absolute atomic E-state index is 14.3. The van der Waals surface area contributed by atoms with Crippen molar-refractivity contribution in [2.45, 2.75) is 82.0 Å². The Balaban J connectivity index is 1.58. The number of halogens is 1. The van der Waals surface area contributed by atoms with Crippen LogP contribution in [0.2, 0.25) is 0 Å². The van der Waals surface area contributed by atoms with Gasteiger partial charge in [-0.25, -0.2) is 4.39 Å². The first kappa shape index (κ1) is 24.1. The minimum absolute atomic E-state index is 0.0788. The summed E-state index contributed by atoms with van der Waals surface area (Å²) in [6, 6.07) is 15.0. The molecule has 0 saturated heterocycles. The van der Waals surface area contributed by atoms with E-state index >= 15 is 0 Å². The van der Waals surface area contributed by atoms with Gasteiger partial charge in [0.25, 0.3) is 0 Å². The van der Waals surface area contributed by atoms with E-state index in [1.807, 2.05) is 30.3 Å². The van der Waals surface area contributed by atoms with Crippen LogP contribution < -0.4 is 16.0 Å². The normalized spacial score (nSPS) is 24.6. The lowest BCUT2D eigenvalue weighted by Gasteiger charge is -2.47. The van der Waals surface area contributed by atoms with Crippen molar-refractivity contribution < 1.29 is 13.9 Å². The largest absolute Gasteiger partial charge is 0.372 e. The summed E-state index contributed by atoms with van der Waals surface area (Å²) in [6.07, 6.45) is 10.6. The minimum atomic E-state index is -0.938. The Labute approximate surface area is 208 Å². The monoisotopic (exact) mass is 479 g/mol. The molecule has 3 aliphatic rings. The van der Waals surface area contributed by atoms with Crippen molar-refractivity contribution in [3.05, 3.63) is 59.9 Å². The van der Waals surface area contributed by atoms with Crippen LogP contribution in [0.4, 0.5) is 15.8 Å². The number of nitrogens with one attached hydrogen (secondary N) is 3. The second kappa shape index (κ2) is 10.6. The Kier molecular flexibility index (Phi) is 7.28. The first-order chi connectivity index (χ1) is 17.1. The molecule has 3 atom stereocenters. The highest BCUT2D eigenvalue weighted by atomic mass is 19.1. The summed E-state index contributed by atoms with van der Waals surface area (Å²) in [6.45, 7) is 0. The number of fused-ring (bicyclic) bond motifs is 1. The molecule has 6 heteroatoms. The van der Waals surface area contributed by atoms with E-state index in [2.05, 4.69) is 16.0 Å². The zero-order chi connectivity index (χ0) is 24.3. The van der Waals surface area contributed by atoms with Gasteiger partial charge in [0.05, 0.1) is 17.3 Å². The van der Waals surface area contributed by atoms with E-state index < -0.39 is 11.8 Å². The third-order valence-electron chi connectivity index (χ3n) is 8.26. The predicted molar refractivity (Wildman–Crippen MR) is 138 cm³/mol. The summed E-state index contributed by atoms with van der Waals surface area (Å²) in [5.74, 6) is -0.406. The standard InChI is InChI=1S/C29H38FN3O2/c1-35-27(21-13-7-3-8-14-21)29(32-24-18-17-22(30)19-25(24)33-29)26(20-11-5-2-6-12-20)28(34)31-23-15-9-4-10-16-23/h3,7-8,13-14,17-20,23,26-27,32-33H,2,4-6,9-12,15-16H2,1H3,(H,31,34). The molecule has 2 saturated carbocycles. The fourth-order valence-corrected chi connectivity index (χ4v) is 6.67. The number of rotatable bonds is 7. The summed E-state index contributed by atoms with van der Waals surface area (Å²) in [5, 5.41) is 10.7. The number of hydrogen-bond acceptors (Lipinski definition) is 4. The summed E-state index contributed by atoms with van der Waals surface area (Å²) in [5.41, 5.74) is 1.52. The molecular formula is C29H38FN3O2. The average Bonchev–Trinajstić information content (AvgIpc) is 3.25. The van der Waals surface area contributed by atoms with Crippen molar-refractivity contribution in [2.75, 3.05) is 17.7 Å². The maximum Gasteiger partial charge on any atom is 0.228 e. The summed E-state index contributed by atoms with van der Waals surface area (Å²) >= 11 is 0. The van der Waals surface area contributed by atoms with Crippen LogP contribution in [-0.2, 0) is 9.53 Å². The van der Waals surface area contributed by atoms with Crippen LogP contribution in [0.5, 0.6) is 0 Å². The zero-order valence-electron chi connectivity index (χ0n) is 20.7. The number of amides is 1. The second-order valence-electron chi connectivity index (χ2n) is 10.6. The van der Waals surface area contributed by atoms with Gasteiger partial charge in [-0.3, -0.25) is 4.79 Å². The maximum atomic E-state index is 14.3. The van der Waals surface area contributed by atoms with Crippen molar-refractivity contribution in [3.8, 4) is 0 Å². The Morgan fingerprint density at radius 3 is 2.29 bits per heavy atom. The molecule has 2 aromatic carbocycles. The predicted octanol–water partition coefficient (Wildman–Crippen LogP) is 6.39. The average molecular weight is 480 g/mol. The SMILES string of the molecule is COC(c1ccccc1)C1(C(C(=O)NC2CCCCC2)C2CCCCC2)Nc2ccc(F)cc2N1. The van der Waals surface area contributed by atoms with Crippen LogP contribution >= 0.6 is 0 Å². The Bertz CT molecular complexity index is 1000. The van der Waals surface area contributed by atoms with Crippen molar-refractivity contribution in [3.63, 3.8) is 0 Å². The Morgan fingerprint density at radius 2 is 1.60 bits per heavy atom. The fraction of sp³-hybridized carbons (Fsp3) is 0.552. The highest BCUT2D eigenvalue weighted by molar-refractivity contribution is 5.86. The minimum Gasteiger partial charge on any atom is -0.372 e. The Hall–Kier alpha value is -2.60. The molecule has 2 fully saturated rings. The number of carbonyl (C=O) groups excluding carboxylic acids is 1. The topological polar surface area (TPSA) is 62.4 Å². The molecule has 0 spiro atoms. The van der Waals surface area contributed by atoms with Crippen LogP contribution in [0.1, 0.15) is 75.9 Å². The van der Waals surface area contributed by atoms with E-state index in [9.17, 15) is 9.18 Å². The van der Waals surface area contributed by atoms with Gasteiger partial charge in [-0.2, -0.15) is 0 Å². The number of ether oxygens (including phenoxy) is 1. The van der Waals surface area contributed by atoms with Gasteiger partial charge < -0.3 is 20.7 Å². The number of hydrogen-bond donors (Lipinski definition) is 3. The molecule has 1 amide bonds. The van der Waals surface area contributed by atoms with Crippen LogP contribution in [0.15, 0.2) is 48.5 Å². The van der Waals surface area contributed by atoms with Gasteiger partial charge in [0.2, 0.25) is 5.91 Å². The second-order valence-corrected chi connectivity index (χ2v) is 10.6. The van der Waals surface area contributed by atoms with Gasteiger partial charge in [0, 0.05) is 13.2 Å². The van der Waals surface area contributed by atoms with Gasteiger partial charge in [0.15, 0.2) is 5.66 Å². The number of benzene rings is 2. The van der Waals surface area contributed by atoms with Crippen molar-refractivity contribution in [1.29, 1.82) is 0 Å². The molecule has 3 N–H and O–H groups in total. The molecule has 0 radical (unpaired) electrons. The van der Waals surface area contributed by atoms with Gasteiger partial charge in [-0.05, 0) is 55.4 Å². The summed E-state index contributed by atoms with van der Waals surface area (Å²) in [7, 11) is 1.70. The van der Waals surface area contributed by atoms with Crippen LogP contribution in [0.25, 0.3) is 0 Å². The molecule has 35 heavy (non-hydrogen) atoms. The zero-order valence-corrected chi connectivity index (χ0v) is 20.7. The lowest BCUT2D eigenvalue weighted by molar-refractivity contribution is -0.132. The van der Waals surface area contributed by atoms with Gasteiger partial charge >= 0.3 is 0 Å². The summed E-state index contributed by atoms with van der Waals surface area (Å²) < 4.78 is 20.5. The molecule has 2 aliphatic carbocycles. The third-order valence-corrected chi connectivity index (χ3v) is 8.26. The lowest BCUT2D eigenvalue weighted by Crippen LogP contribution is -2.62. The van der Waals surface area contributed by atoms with Crippen molar-refractivity contribution in [2.24, 2.45) is 11.8 Å². The van der Waals surface area contributed by atoms with E-state index in [0.717, 1.165) is 62.6 Å². The molecule has 5 rings (SSSR count). The van der Waals surface area contributed by atoms with E-state index in [1.54, 1.807) is 13.2 Å². The molecule has 0 bridgehead atoms. The van der Waals surface area contributed by atoms with Crippen LogP contribution in [0, 0.1) is 17.7 Å². The van der Waals surface area contributed by atoms with E-state index in [0.29, 0.717) is 5.69 Å². The van der Waals surface area contributed by atoms with Crippen LogP contribution in [-0.4, -0.2) is 24.7 Å². The smallest absolute Gasteiger partial charge is 0.228 e.